The largest absolute Gasteiger partial charge is 0.358 e. The first-order valence-electron chi connectivity index (χ1n) is 8.24. The number of aryl methyl sites for hydroxylation is 3. The van der Waals surface area contributed by atoms with Gasteiger partial charge in [0, 0.05) is 30.3 Å². The van der Waals surface area contributed by atoms with E-state index in [9.17, 15) is 0 Å². The van der Waals surface area contributed by atoms with Crippen LogP contribution in [0.2, 0.25) is 0 Å². The molecule has 0 saturated carbocycles. The zero-order chi connectivity index (χ0) is 17.8. The van der Waals surface area contributed by atoms with Gasteiger partial charge in [0.15, 0.2) is 5.11 Å². The molecule has 4 nitrogen and oxygen atoms in total. The maximum Gasteiger partial charge on any atom is 0.171 e. The molecule has 0 amide bonds. The predicted octanol–water partition coefficient (Wildman–Crippen LogP) is 4.28. The van der Waals surface area contributed by atoms with Crippen molar-refractivity contribution in [3.8, 4) is 5.69 Å². The molecule has 0 unspecified atom stereocenters. The maximum atomic E-state index is 5.39. The van der Waals surface area contributed by atoms with Crippen molar-refractivity contribution in [3.05, 3.63) is 77.4 Å². The summed E-state index contributed by atoms with van der Waals surface area (Å²) < 4.78 is 2.06. The summed E-state index contributed by atoms with van der Waals surface area (Å²) in [4.78, 5) is 4.25. The van der Waals surface area contributed by atoms with E-state index in [1.54, 1.807) is 0 Å². The fourth-order valence-corrected chi connectivity index (χ4v) is 3.02. The van der Waals surface area contributed by atoms with Crippen LogP contribution in [-0.4, -0.2) is 14.7 Å². The summed E-state index contributed by atoms with van der Waals surface area (Å²) in [5.41, 5.74) is 5.73. The van der Waals surface area contributed by atoms with Crippen LogP contribution in [0.25, 0.3) is 5.69 Å². The van der Waals surface area contributed by atoms with Crippen LogP contribution in [0.3, 0.4) is 0 Å². The molecule has 2 N–H and O–H groups in total. The van der Waals surface area contributed by atoms with Gasteiger partial charge in [0.1, 0.15) is 5.82 Å². The highest BCUT2D eigenvalue weighted by atomic mass is 32.1. The lowest BCUT2D eigenvalue weighted by Gasteiger charge is -2.12. The topological polar surface area (TPSA) is 41.9 Å². The second kappa shape index (κ2) is 7.49. The third-order valence-electron chi connectivity index (χ3n) is 3.97. The molecule has 0 aliphatic rings. The number of nitrogens with one attached hydrogen (secondary N) is 2. The average Bonchev–Trinajstić information content (AvgIpc) is 2.98. The molecule has 5 heteroatoms. The van der Waals surface area contributed by atoms with E-state index in [-0.39, 0.29) is 0 Å². The van der Waals surface area contributed by atoms with Crippen LogP contribution in [0.15, 0.2) is 54.9 Å². The Morgan fingerprint density at radius 1 is 1.04 bits per heavy atom. The Labute approximate surface area is 153 Å². The van der Waals surface area contributed by atoms with Crippen molar-refractivity contribution in [1.82, 2.24) is 14.9 Å². The number of imidazole rings is 1. The predicted molar refractivity (Wildman–Crippen MR) is 107 cm³/mol. The number of thiocarbonyl (C=S) groups is 1. The van der Waals surface area contributed by atoms with Gasteiger partial charge in [-0.05, 0) is 73.9 Å². The second-order valence-electron chi connectivity index (χ2n) is 6.19. The second-order valence-corrected chi connectivity index (χ2v) is 6.60. The lowest BCUT2D eigenvalue weighted by Crippen LogP contribution is -2.27. The molecular weight excluding hydrogens is 328 g/mol. The van der Waals surface area contributed by atoms with Crippen LogP contribution in [0.4, 0.5) is 5.69 Å². The molecule has 128 valence electrons. The van der Waals surface area contributed by atoms with E-state index in [1.165, 1.54) is 16.7 Å². The third-order valence-corrected chi connectivity index (χ3v) is 4.22. The molecule has 0 atom stereocenters. The number of hydrogen-bond donors (Lipinski definition) is 2. The molecular formula is C20H22N4S. The number of aromatic nitrogens is 2. The molecule has 2 aromatic carbocycles. The number of rotatable bonds is 4. The molecule has 0 radical (unpaired) electrons. The fourth-order valence-electron chi connectivity index (χ4n) is 2.83. The fraction of sp³-hybridized carbons (Fsp3) is 0.200. The molecule has 3 rings (SSSR count). The first kappa shape index (κ1) is 17.2. The molecule has 0 fully saturated rings. The van der Waals surface area contributed by atoms with Crippen LogP contribution in [0.1, 0.15) is 22.5 Å². The van der Waals surface area contributed by atoms with Crippen LogP contribution < -0.4 is 10.6 Å². The van der Waals surface area contributed by atoms with E-state index in [0.717, 1.165) is 17.2 Å². The zero-order valence-corrected chi connectivity index (χ0v) is 15.5. The minimum Gasteiger partial charge on any atom is -0.358 e. The Hall–Kier alpha value is -2.66. The molecule has 1 aromatic heterocycles. The van der Waals surface area contributed by atoms with E-state index >= 15 is 0 Å². The molecule has 0 bridgehead atoms. The van der Waals surface area contributed by atoms with E-state index in [0.29, 0.717) is 11.7 Å². The number of benzene rings is 2. The Balaban J connectivity index is 1.58. The lowest BCUT2D eigenvalue weighted by molar-refractivity contribution is 0.920. The quantitative estimate of drug-likeness (QED) is 0.689. The van der Waals surface area contributed by atoms with Crippen LogP contribution in [0, 0.1) is 20.8 Å². The Morgan fingerprint density at radius 3 is 2.32 bits per heavy atom. The van der Waals surface area contributed by atoms with Gasteiger partial charge >= 0.3 is 0 Å². The van der Waals surface area contributed by atoms with Crippen molar-refractivity contribution >= 4 is 23.0 Å². The van der Waals surface area contributed by atoms with Crippen molar-refractivity contribution in [1.29, 1.82) is 0 Å². The van der Waals surface area contributed by atoms with Gasteiger partial charge in [-0.2, -0.15) is 0 Å². The van der Waals surface area contributed by atoms with Crippen molar-refractivity contribution < 1.29 is 0 Å². The average molecular weight is 350 g/mol. The molecule has 1 heterocycles. The molecule has 0 aliphatic heterocycles. The smallest absolute Gasteiger partial charge is 0.171 e. The van der Waals surface area contributed by atoms with Gasteiger partial charge in [-0.15, -0.1) is 0 Å². The van der Waals surface area contributed by atoms with Gasteiger partial charge in [0.25, 0.3) is 0 Å². The van der Waals surface area contributed by atoms with Crippen LogP contribution in [-0.2, 0) is 6.54 Å². The highest BCUT2D eigenvalue weighted by Crippen LogP contribution is 2.14. The third kappa shape index (κ3) is 4.45. The van der Waals surface area contributed by atoms with Gasteiger partial charge < -0.3 is 15.2 Å². The van der Waals surface area contributed by atoms with Gasteiger partial charge in [0.2, 0.25) is 0 Å². The van der Waals surface area contributed by atoms with Crippen LogP contribution >= 0.6 is 12.2 Å². The Morgan fingerprint density at radius 2 is 1.72 bits per heavy atom. The molecule has 0 aliphatic carbocycles. The summed E-state index contributed by atoms with van der Waals surface area (Å²) in [5, 5.41) is 7.12. The van der Waals surface area contributed by atoms with E-state index < -0.39 is 0 Å². The van der Waals surface area contributed by atoms with E-state index in [4.69, 9.17) is 12.2 Å². The molecule has 0 saturated heterocycles. The number of hydrogen-bond acceptors (Lipinski definition) is 2. The van der Waals surface area contributed by atoms with Crippen LogP contribution in [0.5, 0.6) is 0 Å². The monoisotopic (exact) mass is 350 g/mol. The summed E-state index contributed by atoms with van der Waals surface area (Å²) >= 11 is 5.39. The summed E-state index contributed by atoms with van der Waals surface area (Å²) in [5.74, 6) is 0.977. The van der Waals surface area contributed by atoms with E-state index in [2.05, 4.69) is 76.5 Å². The van der Waals surface area contributed by atoms with Crippen molar-refractivity contribution in [2.75, 3.05) is 5.32 Å². The summed E-state index contributed by atoms with van der Waals surface area (Å²) in [6.45, 7) is 6.84. The van der Waals surface area contributed by atoms with Gasteiger partial charge in [-0.1, -0.05) is 18.2 Å². The van der Waals surface area contributed by atoms with Crippen molar-refractivity contribution in [2.24, 2.45) is 0 Å². The van der Waals surface area contributed by atoms with Gasteiger partial charge in [0.05, 0.1) is 0 Å². The molecule has 25 heavy (non-hydrogen) atoms. The number of nitrogens with zero attached hydrogens (tertiary/aromatic N) is 2. The standard InChI is InChI=1S/C20H22N4S/c1-14-10-15(2)12-18(11-14)23-20(25)22-13-17-4-6-19(7-5-17)24-9-8-21-16(24)3/h4-12H,13H2,1-3H3,(H2,22,23,25). The van der Waals surface area contributed by atoms with Crippen molar-refractivity contribution in [3.63, 3.8) is 0 Å². The number of anilines is 1. The first-order chi connectivity index (χ1) is 12.0. The SMILES string of the molecule is Cc1cc(C)cc(NC(=S)NCc2ccc(-n3ccnc3C)cc2)c1. The van der Waals surface area contributed by atoms with Gasteiger partial charge in [-0.25, -0.2) is 4.98 Å². The summed E-state index contributed by atoms with van der Waals surface area (Å²) in [6.07, 6.45) is 3.77. The minimum absolute atomic E-state index is 0.625. The van der Waals surface area contributed by atoms with E-state index in [1.807, 2.05) is 19.3 Å². The van der Waals surface area contributed by atoms with Gasteiger partial charge in [-0.3, -0.25) is 0 Å². The highest BCUT2D eigenvalue weighted by Gasteiger charge is 2.02. The maximum absolute atomic E-state index is 5.39. The highest BCUT2D eigenvalue weighted by molar-refractivity contribution is 7.80. The summed E-state index contributed by atoms with van der Waals surface area (Å²) in [7, 11) is 0. The first-order valence-corrected chi connectivity index (χ1v) is 8.64. The lowest BCUT2D eigenvalue weighted by atomic mass is 10.1. The minimum atomic E-state index is 0.625. The Bertz CT molecular complexity index is 861. The normalized spacial score (nSPS) is 10.5. The zero-order valence-electron chi connectivity index (χ0n) is 14.7. The molecule has 3 aromatic rings. The summed E-state index contributed by atoms with van der Waals surface area (Å²) in [6, 6.07) is 14.7. The molecule has 0 spiro atoms. The Kier molecular flexibility index (Phi) is 5.14. The van der Waals surface area contributed by atoms with Crippen molar-refractivity contribution in [2.45, 2.75) is 27.3 Å².